The number of nitrogens with zero attached hydrogens (tertiary/aromatic N) is 2. The maximum absolute atomic E-state index is 12.3. The van der Waals surface area contributed by atoms with Crippen molar-refractivity contribution in [3.8, 4) is 23.1 Å². The average molecular weight is 390 g/mol. The summed E-state index contributed by atoms with van der Waals surface area (Å²) in [4.78, 5) is 12.3. The number of rotatable bonds is 6. The number of nitrogens with one attached hydrogen (secondary N) is 2. The lowest BCUT2D eigenvalue weighted by atomic mass is 9.98. The quantitative estimate of drug-likeness (QED) is 0.595. The molecule has 0 saturated carbocycles. The molecule has 3 aromatic rings. The Morgan fingerprint density at radius 3 is 2.45 bits per heavy atom. The molecule has 1 amide bonds. The predicted octanol–water partition coefficient (Wildman–Crippen LogP) is 3.01. The Kier molecular flexibility index (Phi) is 5.14. The highest BCUT2D eigenvalue weighted by molar-refractivity contribution is 5.86. The molecule has 8 nitrogen and oxygen atoms in total. The minimum Gasteiger partial charge on any atom is -0.473 e. The van der Waals surface area contributed by atoms with Crippen molar-refractivity contribution in [1.82, 2.24) is 10.2 Å². The van der Waals surface area contributed by atoms with Gasteiger partial charge in [0, 0.05) is 5.92 Å². The number of carbonyl (C=O) groups excluding carboxylic acids is 1. The van der Waals surface area contributed by atoms with Crippen molar-refractivity contribution in [2.45, 2.75) is 5.92 Å². The number of aromatic nitrogens is 2. The lowest BCUT2D eigenvalue weighted by molar-refractivity contribution is 0.158. The predicted molar refractivity (Wildman–Crippen MR) is 105 cm³/mol. The van der Waals surface area contributed by atoms with E-state index in [9.17, 15) is 10.1 Å². The molecule has 0 radical (unpaired) electrons. The fourth-order valence-electron chi connectivity index (χ4n) is 3.50. The molecule has 0 atom stereocenters. The molecule has 1 heterocycles. The second kappa shape index (κ2) is 8.04. The molecule has 29 heavy (non-hydrogen) atoms. The van der Waals surface area contributed by atoms with Crippen LogP contribution in [-0.2, 0) is 4.74 Å². The van der Waals surface area contributed by atoms with Crippen LogP contribution in [0.25, 0.3) is 11.1 Å². The van der Waals surface area contributed by atoms with Gasteiger partial charge in [0.1, 0.15) is 19.3 Å². The van der Waals surface area contributed by atoms with Crippen LogP contribution in [-0.4, -0.2) is 41.2 Å². The zero-order chi connectivity index (χ0) is 20.2. The first-order valence-corrected chi connectivity index (χ1v) is 9.07. The van der Waals surface area contributed by atoms with E-state index in [2.05, 4.69) is 27.6 Å². The average Bonchev–Trinajstić information content (AvgIpc) is 3.29. The number of carbonyl (C=O) groups is 1. The Morgan fingerprint density at radius 1 is 1.17 bits per heavy atom. The summed E-state index contributed by atoms with van der Waals surface area (Å²) in [6.45, 7) is -0.0689. The molecule has 0 fully saturated rings. The molecule has 146 valence electrons. The molecule has 0 unspecified atom stereocenters. The van der Waals surface area contributed by atoms with Gasteiger partial charge in [-0.2, -0.15) is 5.26 Å². The normalized spacial score (nSPS) is 12.0. The van der Waals surface area contributed by atoms with Crippen molar-refractivity contribution in [1.29, 1.82) is 5.26 Å². The maximum atomic E-state index is 12.3. The number of amides is 1. The molecule has 2 aromatic carbocycles. The number of H-pyrrole nitrogens is 1. The maximum Gasteiger partial charge on any atom is 0.412 e. The Labute approximate surface area is 166 Å². The topological polar surface area (TPSA) is 120 Å². The van der Waals surface area contributed by atoms with Gasteiger partial charge in [-0.1, -0.05) is 48.5 Å². The molecule has 3 N–H and O–H groups in total. The third kappa shape index (κ3) is 3.51. The second-order valence-corrected chi connectivity index (χ2v) is 6.41. The first kappa shape index (κ1) is 18.5. The number of hydrogen-bond donors (Lipinski definition) is 3. The number of benzene rings is 2. The molecule has 1 aliphatic carbocycles. The Morgan fingerprint density at radius 2 is 1.83 bits per heavy atom. The first-order valence-electron chi connectivity index (χ1n) is 9.07. The second-order valence-electron chi connectivity index (χ2n) is 6.41. The third-order valence-electron chi connectivity index (χ3n) is 4.75. The summed E-state index contributed by atoms with van der Waals surface area (Å²) in [7, 11) is 0. The van der Waals surface area contributed by atoms with Gasteiger partial charge in [0.2, 0.25) is 0 Å². The smallest absolute Gasteiger partial charge is 0.412 e. The molecule has 1 aromatic heterocycles. The van der Waals surface area contributed by atoms with Crippen LogP contribution >= 0.6 is 0 Å². The molecular formula is C21H18N4O4. The van der Waals surface area contributed by atoms with Crippen LogP contribution in [0.4, 0.5) is 10.6 Å². The summed E-state index contributed by atoms with van der Waals surface area (Å²) < 4.78 is 10.6. The molecule has 4 rings (SSSR count). The number of hydrogen-bond acceptors (Lipinski definition) is 6. The van der Waals surface area contributed by atoms with E-state index in [4.69, 9.17) is 14.6 Å². The van der Waals surface area contributed by atoms with Gasteiger partial charge in [0.15, 0.2) is 11.4 Å². The lowest BCUT2D eigenvalue weighted by Gasteiger charge is -2.14. The summed E-state index contributed by atoms with van der Waals surface area (Å²) in [6.07, 6.45) is -0.708. The zero-order valence-electron chi connectivity index (χ0n) is 15.4. The van der Waals surface area contributed by atoms with Crippen LogP contribution in [0.2, 0.25) is 0 Å². The summed E-state index contributed by atoms with van der Waals surface area (Å²) in [5.74, 6) is 0.0296. The van der Waals surface area contributed by atoms with E-state index in [1.165, 1.54) is 0 Å². The molecule has 0 aliphatic heterocycles. The van der Waals surface area contributed by atoms with E-state index >= 15 is 0 Å². The van der Waals surface area contributed by atoms with Gasteiger partial charge in [-0.05, 0) is 22.3 Å². The summed E-state index contributed by atoms with van der Waals surface area (Å²) in [6, 6.07) is 18.0. The largest absolute Gasteiger partial charge is 0.473 e. The monoisotopic (exact) mass is 390 g/mol. The number of fused-ring (bicyclic) bond motifs is 3. The number of nitriles is 1. The van der Waals surface area contributed by atoms with E-state index in [1.54, 1.807) is 0 Å². The fourth-order valence-corrected chi connectivity index (χ4v) is 3.50. The number of aliphatic hydroxyl groups is 1. The van der Waals surface area contributed by atoms with Crippen molar-refractivity contribution in [2.75, 3.05) is 25.1 Å². The zero-order valence-corrected chi connectivity index (χ0v) is 15.4. The highest BCUT2D eigenvalue weighted by Crippen LogP contribution is 2.44. The number of aromatic amines is 1. The highest BCUT2D eigenvalue weighted by Gasteiger charge is 2.29. The minimum absolute atomic E-state index is 0.00972. The summed E-state index contributed by atoms with van der Waals surface area (Å²) in [5.41, 5.74) is 4.54. The Balaban J connectivity index is 1.46. The van der Waals surface area contributed by atoms with Gasteiger partial charge >= 0.3 is 6.09 Å². The first-order chi connectivity index (χ1) is 14.2. The fraction of sp³-hybridized carbons (Fsp3) is 0.190. The number of aliphatic hydroxyl groups excluding tert-OH is 1. The van der Waals surface area contributed by atoms with Gasteiger partial charge in [-0.15, -0.1) is 5.10 Å². The van der Waals surface area contributed by atoms with E-state index in [1.807, 2.05) is 42.5 Å². The van der Waals surface area contributed by atoms with E-state index < -0.39 is 6.09 Å². The van der Waals surface area contributed by atoms with Gasteiger partial charge in [-0.3, -0.25) is 10.4 Å². The summed E-state index contributed by atoms with van der Waals surface area (Å²) >= 11 is 0. The van der Waals surface area contributed by atoms with Crippen molar-refractivity contribution < 1.29 is 19.4 Å². The van der Waals surface area contributed by atoms with Crippen LogP contribution in [0.5, 0.6) is 5.88 Å². The van der Waals surface area contributed by atoms with Crippen LogP contribution in [0.3, 0.4) is 0 Å². The molecule has 0 saturated heterocycles. The highest BCUT2D eigenvalue weighted by atomic mass is 16.5. The van der Waals surface area contributed by atoms with Gasteiger partial charge in [0.05, 0.1) is 6.61 Å². The van der Waals surface area contributed by atoms with E-state index in [0.29, 0.717) is 0 Å². The standard InChI is InChI=1S/C21H18N4O4/c22-11-17-19(24-25-20(17)28-10-9-26)23-21(27)29-12-18-15-7-3-1-5-13(15)14-6-2-4-8-16(14)18/h1-8,18,26H,9-10,12H2,(H2,23,24,25,27). The van der Waals surface area contributed by atoms with Crippen LogP contribution in [0.15, 0.2) is 48.5 Å². The van der Waals surface area contributed by atoms with Crippen LogP contribution in [0.1, 0.15) is 22.6 Å². The Bertz CT molecular complexity index is 1040. The molecule has 8 heteroatoms. The summed E-state index contributed by atoms with van der Waals surface area (Å²) in [5, 5.41) is 26.9. The van der Waals surface area contributed by atoms with Gasteiger partial charge in [0.25, 0.3) is 5.88 Å². The Hall–Kier alpha value is -3.83. The van der Waals surface area contributed by atoms with Crippen molar-refractivity contribution >= 4 is 11.9 Å². The van der Waals surface area contributed by atoms with E-state index in [0.717, 1.165) is 22.3 Å². The van der Waals surface area contributed by atoms with E-state index in [-0.39, 0.29) is 43.0 Å². The molecule has 0 bridgehead atoms. The van der Waals surface area contributed by atoms with Crippen molar-refractivity contribution in [2.24, 2.45) is 0 Å². The van der Waals surface area contributed by atoms with Crippen molar-refractivity contribution in [3.63, 3.8) is 0 Å². The number of anilines is 1. The SMILES string of the molecule is N#Cc1c(OCCO)n[nH]c1NC(=O)OCC1c2ccccc2-c2ccccc21. The lowest BCUT2D eigenvalue weighted by Crippen LogP contribution is -2.18. The minimum atomic E-state index is -0.708. The third-order valence-corrected chi connectivity index (χ3v) is 4.75. The molecular weight excluding hydrogens is 372 g/mol. The van der Waals surface area contributed by atoms with Crippen molar-refractivity contribution in [3.05, 3.63) is 65.2 Å². The number of ether oxygens (including phenoxy) is 2. The molecule has 0 spiro atoms. The molecule has 1 aliphatic rings. The van der Waals surface area contributed by atoms with Gasteiger partial charge < -0.3 is 14.6 Å². The van der Waals surface area contributed by atoms with Crippen LogP contribution < -0.4 is 10.1 Å². The van der Waals surface area contributed by atoms with Crippen LogP contribution in [0, 0.1) is 11.3 Å². The van der Waals surface area contributed by atoms with Gasteiger partial charge in [-0.25, -0.2) is 4.79 Å².